The number of aryl methyl sites for hydroxylation is 1. The molecule has 0 aliphatic heterocycles. The standard InChI is InChI=1S/C17H17N3O4/c18-15(22)11-8-10-12(5-3-6-13(10)20-17(11)24)19-16(23)9-4-1-2-7-14(9)21/h1-2,4,7-8,12,21H,3,5-6H2,(H2,18,22)(H,19,23)(H,20,24). The lowest BCUT2D eigenvalue weighted by molar-refractivity contribution is 0.0929. The molecule has 0 saturated carbocycles. The number of benzene rings is 1. The summed E-state index contributed by atoms with van der Waals surface area (Å²) < 4.78 is 0. The molecule has 3 rings (SSSR count). The Kier molecular flexibility index (Phi) is 4.07. The van der Waals surface area contributed by atoms with Crippen LogP contribution in [0.1, 0.15) is 50.9 Å². The van der Waals surface area contributed by atoms with E-state index < -0.39 is 17.4 Å². The molecule has 0 saturated heterocycles. The van der Waals surface area contributed by atoms with Gasteiger partial charge in [0.2, 0.25) is 0 Å². The fourth-order valence-electron chi connectivity index (χ4n) is 2.98. The van der Waals surface area contributed by atoms with Crippen molar-refractivity contribution in [2.45, 2.75) is 25.3 Å². The van der Waals surface area contributed by atoms with Gasteiger partial charge in [0.25, 0.3) is 17.4 Å². The molecule has 0 bridgehead atoms. The molecule has 0 fully saturated rings. The molecule has 1 aromatic heterocycles. The van der Waals surface area contributed by atoms with Gasteiger partial charge in [-0.3, -0.25) is 14.4 Å². The molecule has 0 radical (unpaired) electrons. The van der Waals surface area contributed by atoms with Crippen molar-refractivity contribution in [2.24, 2.45) is 5.73 Å². The number of phenolic OH excluding ortho intramolecular Hbond substituents is 1. The fourth-order valence-corrected chi connectivity index (χ4v) is 2.98. The molecule has 1 aliphatic rings. The lowest BCUT2D eigenvalue weighted by Gasteiger charge is -2.26. The smallest absolute Gasteiger partial charge is 0.261 e. The highest BCUT2D eigenvalue weighted by Crippen LogP contribution is 2.29. The number of hydrogen-bond donors (Lipinski definition) is 4. The fraction of sp³-hybridized carbons (Fsp3) is 0.235. The van der Waals surface area contributed by atoms with Gasteiger partial charge in [-0.15, -0.1) is 0 Å². The van der Waals surface area contributed by atoms with Crippen molar-refractivity contribution < 1.29 is 14.7 Å². The average molecular weight is 327 g/mol. The molecule has 24 heavy (non-hydrogen) atoms. The molecule has 1 aliphatic carbocycles. The van der Waals surface area contributed by atoms with E-state index in [4.69, 9.17) is 5.73 Å². The summed E-state index contributed by atoms with van der Waals surface area (Å²) >= 11 is 0. The Labute approximate surface area is 137 Å². The van der Waals surface area contributed by atoms with E-state index in [2.05, 4.69) is 10.3 Å². The second-order valence-corrected chi connectivity index (χ2v) is 5.75. The van der Waals surface area contributed by atoms with Gasteiger partial charge in [-0.25, -0.2) is 0 Å². The van der Waals surface area contributed by atoms with E-state index in [0.29, 0.717) is 24.1 Å². The van der Waals surface area contributed by atoms with Crippen molar-refractivity contribution in [3.63, 3.8) is 0 Å². The Morgan fingerprint density at radius 2 is 2.00 bits per heavy atom. The lowest BCUT2D eigenvalue weighted by atomic mass is 9.90. The number of fused-ring (bicyclic) bond motifs is 1. The first-order valence-corrected chi connectivity index (χ1v) is 7.62. The van der Waals surface area contributed by atoms with Crippen molar-refractivity contribution in [3.05, 3.63) is 63.1 Å². The van der Waals surface area contributed by atoms with Crippen LogP contribution in [0.15, 0.2) is 35.1 Å². The molecular formula is C17H17N3O4. The number of aromatic amines is 1. The molecule has 124 valence electrons. The SMILES string of the molecule is NC(=O)c1cc2c([nH]c1=O)CCCC2NC(=O)c1ccccc1O. The van der Waals surface area contributed by atoms with Crippen LogP contribution in [-0.4, -0.2) is 21.9 Å². The minimum absolute atomic E-state index is 0.106. The highest BCUT2D eigenvalue weighted by Gasteiger charge is 2.25. The summed E-state index contributed by atoms with van der Waals surface area (Å²) in [5, 5.41) is 12.6. The van der Waals surface area contributed by atoms with Crippen LogP contribution in [0.3, 0.4) is 0 Å². The number of H-pyrrole nitrogens is 1. The Morgan fingerprint density at radius 1 is 1.25 bits per heavy atom. The van der Waals surface area contributed by atoms with Gasteiger partial charge in [-0.1, -0.05) is 12.1 Å². The number of rotatable bonds is 3. The second kappa shape index (κ2) is 6.19. The third-order valence-corrected chi connectivity index (χ3v) is 4.17. The van der Waals surface area contributed by atoms with Crippen LogP contribution in [0.25, 0.3) is 0 Å². The van der Waals surface area contributed by atoms with Gasteiger partial charge in [0, 0.05) is 5.69 Å². The number of carbonyl (C=O) groups is 2. The minimum Gasteiger partial charge on any atom is -0.507 e. The molecule has 1 aromatic carbocycles. The molecule has 1 unspecified atom stereocenters. The van der Waals surface area contributed by atoms with Crippen molar-refractivity contribution >= 4 is 11.8 Å². The molecule has 7 nitrogen and oxygen atoms in total. The molecule has 1 heterocycles. The number of para-hydroxylation sites is 1. The maximum Gasteiger partial charge on any atom is 0.261 e. The summed E-state index contributed by atoms with van der Waals surface area (Å²) in [5.41, 5.74) is 6.12. The van der Waals surface area contributed by atoms with E-state index in [1.165, 1.54) is 18.2 Å². The largest absolute Gasteiger partial charge is 0.507 e. The number of hydrogen-bond acceptors (Lipinski definition) is 4. The topological polar surface area (TPSA) is 125 Å². The Balaban J connectivity index is 1.93. The third kappa shape index (κ3) is 2.88. The van der Waals surface area contributed by atoms with Crippen LogP contribution in [-0.2, 0) is 6.42 Å². The zero-order valence-electron chi connectivity index (χ0n) is 12.8. The Hall–Kier alpha value is -3.09. The molecule has 7 heteroatoms. The predicted molar refractivity (Wildman–Crippen MR) is 86.8 cm³/mol. The van der Waals surface area contributed by atoms with Crippen LogP contribution < -0.4 is 16.6 Å². The van der Waals surface area contributed by atoms with E-state index in [1.54, 1.807) is 12.1 Å². The first-order valence-electron chi connectivity index (χ1n) is 7.62. The van der Waals surface area contributed by atoms with E-state index in [0.717, 1.165) is 6.42 Å². The summed E-state index contributed by atoms with van der Waals surface area (Å²) in [6.45, 7) is 0. The number of primary amides is 1. The first kappa shape index (κ1) is 15.8. The van der Waals surface area contributed by atoms with Gasteiger partial charge in [-0.2, -0.15) is 0 Å². The normalized spacial score (nSPS) is 16.2. The van der Waals surface area contributed by atoms with E-state index in [9.17, 15) is 19.5 Å². The first-order chi connectivity index (χ1) is 11.5. The number of aromatic nitrogens is 1. The minimum atomic E-state index is -0.810. The second-order valence-electron chi connectivity index (χ2n) is 5.75. The number of pyridine rings is 1. The highest BCUT2D eigenvalue weighted by atomic mass is 16.3. The number of phenols is 1. The summed E-state index contributed by atoms with van der Waals surface area (Å²) in [7, 11) is 0. The van der Waals surface area contributed by atoms with Crippen LogP contribution in [0.2, 0.25) is 0 Å². The Bertz CT molecular complexity index is 872. The Morgan fingerprint density at radius 3 is 2.71 bits per heavy atom. The van der Waals surface area contributed by atoms with Gasteiger partial charge in [0.15, 0.2) is 0 Å². The molecule has 2 amide bonds. The number of nitrogens with two attached hydrogens (primary N) is 1. The monoisotopic (exact) mass is 327 g/mol. The van der Waals surface area contributed by atoms with Crippen LogP contribution in [0.5, 0.6) is 5.75 Å². The van der Waals surface area contributed by atoms with Gasteiger partial charge in [-0.05, 0) is 43.0 Å². The molecule has 0 spiro atoms. The van der Waals surface area contributed by atoms with E-state index >= 15 is 0 Å². The maximum absolute atomic E-state index is 12.4. The molecule has 1 atom stereocenters. The van der Waals surface area contributed by atoms with E-state index in [-0.39, 0.29) is 22.9 Å². The zero-order valence-corrected chi connectivity index (χ0v) is 12.8. The highest BCUT2D eigenvalue weighted by molar-refractivity contribution is 5.97. The van der Waals surface area contributed by atoms with Crippen molar-refractivity contribution in [3.8, 4) is 5.75 Å². The van der Waals surface area contributed by atoms with Gasteiger partial charge >= 0.3 is 0 Å². The van der Waals surface area contributed by atoms with Crippen LogP contribution in [0, 0.1) is 0 Å². The third-order valence-electron chi connectivity index (χ3n) is 4.17. The van der Waals surface area contributed by atoms with Gasteiger partial charge in [0.1, 0.15) is 11.3 Å². The molecular weight excluding hydrogens is 310 g/mol. The quantitative estimate of drug-likeness (QED) is 0.670. The summed E-state index contributed by atoms with van der Waals surface area (Å²) in [6.07, 6.45) is 2.10. The van der Waals surface area contributed by atoms with Crippen molar-refractivity contribution in [1.29, 1.82) is 0 Å². The van der Waals surface area contributed by atoms with Crippen molar-refractivity contribution in [1.82, 2.24) is 10.3 Å². The lowest BCUT2D eigenvalue weighted by Crippen LogP contribution is -2.34. The molecule has 5 N–H and O–H groups in total. The van der Waals surface area contributed by atoms with Gasteiger partial charge < -0.3 is 21.1 Å². The van der Waals surface area contributed by atoms with E-state index in [1.807, 2.05) is 0 Å². The van der Waals surface area contributed by atoms with Crippen molar-refractivity contribution in [2.75, 3.05) is 0 Å². The summed E-state index contributed by atoms with van der Waals surface area (Å²) in [6, 6.07) is 7.34. The molecule has 2 aromatic rings. The number of carbonyl (C=O) groups excluding carboxylic acids is 2. The zero-order chi connectivity index (χ0) is 17.3. The average Bonchev–Trinajstić information content (AvgIpc) is 2.54. The predicted octanol–water partition coefficient (Wildman–Crippen LogP) is 0.987. The maximum atomic E-state index is 12.4. The number of nitrogens with one attached hydrogen (secondary N) is 2. The number of aromatic hydroxyl groups is 1. The van der Waals surface area contributed by atoms with Gasteiger partial charge in [0.05, 0.1) is 11.6 Å². The number of amides is 2. The van der Waals surface area contributed by atoms with Crippen LogP contribution >= 0.6 is 0 Å². The summed E-state index contributed by atoms with van der Waals surface area (Å²) in [5.74, 6) is -1.33. The van der Waals surface area contributed by atoms with Crippen LogP contribution in [0.4, 0.5) is 0 Å². The summed E-state index contributed by atoms with van der Waals surface area (Å²) in [4.78, 5) is 38.3.